The summed E-state index contributed by atoms with van der Waals surface area (Å²) < 4.78 is 17.2. The van der Waals surface area contributed by atoms with Gasteiger partial charge in [0.25, 0.3) is 0 Å². The molecule has 4 atom stereocenters. The lowest BCUT2D eigenvalue weighted by Crippen LogP contribution is -2.50. The smallest absolute Gasteiger partial charge is 0.181 e. The van der Waals surface area contributed by atoms with E-state index < -0.39 is 18.5 Å². The van der Waals surface area contributed by atoms with E-state index in [1.165, 1.54) is 0 Å². The first-order chi connectivity index (χ1) is 12.3. The van der Waals surface area contributed by atoms with Crippen LogP contribution in [0.5, 0.6) is 0 Å². The summed E-state index contributed by atoms with van der Waals surface area (Å²) in [6, 6.07) is 19.6. The molecule has 0 aliphatic carbocycles. The van der Waals surface area contributed by atoms with Crippen LogP contribution in [0, 0.1) is 0 Å². The van der Waals surface area contributed by atoms with Crippen molar-refractivity contribution in [2.24, 2.45) is 0 Å². The Bertz CT molecular complexity index is 618. The second-order valence-electron chi connectivity index (χ2n) is 6.15. The molecule has 134 valence electrons. The van der Waals surface area contributed by atoms with Gasteiger partial charge in [-0.3, -0.25) is 0 Å². The van der Waals surface area contributed by atoms with Gasteiger partial charge in [-0.1, -0.05) is 60.7 Å². The van der Waals surface area contributed by atoms with Crippen molar-refractivity contribution in [2.75, 3.05) is 6.61 Å². The molecule has 5 heteroatoms. The maximum absolute atomic E-state index is 10.1. The molecule has 5 nitrogen and oxygen atoms in total. The van der Waals surface area contributed by atoms with Crippen LogP contribution in [0.25, 0.3) is 0 Å². The van der Waals surface area contributed by atoms with Gasteiger partial charge in [-0.15, -0.1) is 0 Å². The van der Waals surface area contributed by atoms with Crippen molar-refractivity contribution in [1.82, 2.24) is 0 Å². The number of rotatable bonds is 7. The van der Waals surface area contributed by atoms with Crippen LogP contribution in [0.1, 0.15) is 17.5 Å². The molecular formula is C20H24O5. The van der Waals surface area contributed by atoms with E-state index in [0.29, 0.717) is 19.6 Å². The first-order valence-electron chi connectivity index (χ1n) is 8.51. The van der Waals surface area contributed by atoms with E-state index in [0.717, 1.165) is 11.1 Å². The van der Waals surface area contributed by atoms with Crippen LogP contribution >= 0.6 is 0 Å². The zero-order valence-corrected chi connectivity index (χ0v) is 14.0. The van der Waals surface area contributed by atoms with Crippen molar-refractivity contribution in [3.63, 3.8) is 0 Å². The SMILES string of the molecule is OC[C@H]1O[C@H](O)[C@@H](OCc2ccccc2)C[C@@H]1OCc1ccccc1. The van der Waals surface area contributed by atoms with Crippen molar-refractivity contribution in [3.8, 4) is 0 Å². The van der Waals surface area contributed by atoms with Gasteiger partial charge < -0.3 is 24.4 Å². The largest absolute Gasteiger partial charge is 0.394 e. The summed E-state index contributed by atoms with van der Waals surface area (Å²) in [5, 5.41) is 19.7. The van der Waals surface area contributed by atoms with E-state index in [4.69, 9.17) is 14.2 Å². The first-order valence-corrected chi connectivity index (χ1v) is 8.51. The third kappa shape index (κ3) is 5.11. The lowest BCUT2D eigenvalue weighted by molar-refractivity contribution is -0.272. The lowest BCUT2D eigenvalue weighted by Gasteiger charge is -2.38. The number of hydrogen-bond acceptors (Lipinski definition) is 5. The standard InChI is InChI=1S/C20H24O5/c21-12-19-17(23-13-15-7-3-1-4-8-15)11-18(20(22)25-19)24-14-16-9-5-2-6-10-16/h1-10,17-22H,11-14H2/t17-,18-,19+,20-/m0/s1. The zero-order valence-electron chi connectivity index (χ0n) is 14.0. The number of hydrogen-bond donors (Lipinski definition) is 2. The average molecular weight is 344 g/mol. The molecule has 1 heterocycles. The van der Waals surface area contributed by atoms with Crippen LogP contribution in [0.2, 0.25) is 0 Å². The molecule has 0 amide bonds. The molecule has 25 heavy (non-hydrogen) atoms. The molecule has 1 aliphatic heterocycles. The highest BCUT2D eigenvalue weighted by molar-refractivity contribution is 5.14. The minimum Gasteiger partial charge on any atom is -0.394 e. The normalized spacial score (nSPS) is 26.5. The van der Waals surface area contributed by atoms with Crippen molar-refractivity contribution in [2.45, 2.75) is 44.2 Å². The third-order valence-corrected chi connectivity index (χ3v) is 4.31. The summed E-state index contributed by atoms with van der Waals surface area (Å²) in [6.07, 6.45) is -2.00. The highest BCUT2D eigenvalue weighted by atomic mass is 16.7. The summed E-state index contributed by atoms with van der Waals surface area (Å²) in [7, 11) is 0. The van der Waals surface area contributed by atoms with Crippen molar-refractivity contribution in [1.29, 1.82) is 0 Å². The van der Waals surface area contributed by atoms with Crippen LogP contribution in [0.15, 0.2) is 60.7 Å². The van der Waals surface area contributed by atoms with Gasteiger partial charge in [0.1, 0.15) is 12.2 Å². The van der Waals surface area contributed by atoms with Crippen LogP contribution in [-0.2, 0) is 27.4 Å². The van der Waals surface area contributed by atoms with Crippen molar-refractivity contribution >= 4 is 0 Å². The fraction of sp³-hybridized carbons (Fsp3) is 0.400. The molecule has 1 aliphatic rings. The van der Waals surface area contributed by atoms with Gasteiger partial charge in [0, 0.05) is 6.42 Å². The quantitative estimate of drug-likeness (QED) is 0.806. The molecule has 0 bridgehead atoms. The molecule has 2 aromatic rings. The van der Waals surface area contributed by atoms with E-state index in [9.17, 15) is 10.2 Å². The van der Waals surface area contributed by atoms with Gasteiger partial charge in [-0.05, 0) is 11.1 Å². The highest BCUT2D eigenvalue weighted by Gasteiger charge is 2.38. The summed E-state index contributed by atoms with van der Waals surface area (Å²) >= 11 is 0. The predicted molar refractivity (Wildman–Crippen MR) is 92.6 cm³/mol. The topological polar surface area (TPSA) is 68.2 Å². The molecule has 1 saturated heterocycles. The maximum Gasteiger partial charge on any atom is 0.181 e. The van der Waals surface area contributed by atoms with E-state index in [2.05, 4.69) is 0 Å². The Morgan fingerprint density at radius 2 is 1.36 bits per heavy atom. The van der Waals surface area contributed by atoms with E-state index in [-0.39, 0.29) is 12.7 Å². The van der Waals surface area contributed by atoms with Gasteiger partial charge in [-0.2, -0.15) is 0 Å². The van der Waals surface area contributed by atoms with Crippen LogP contribution in [0.3, 0.4) is 0 Å². The average Bonchev–Trinajstić information content (AvgIpc) is 2.67. The minimum absolute atomic E-state index is 0.206. The second-order valence-corrected chi connectivity index (χ2v) is 6.15. The van der Waals surface area contributed by atoms with Gasteiger partial charge in [0.05, 0.1) is 25.9 Å². The van der Waals surface area contributed by atoms with Crippen LogP contribution in [0.4, 0.5) is 0 Å². The molecule has 2 aromatic carbocycles. The molecule has 0 radical (unpaired) electrons. The lowest BCUT2D eigenvalue weighted by atomic mass is 10.0. The molecule has 3 rings (SSSR count). The Kier molecular flexibility index (Phi) is 6.55. The van der Waals surface area contributed by atoms with E-state index >= 15 is 0 Å². The summed E-state index contributed by atoms with van der Waals surface area (Å²) in [5.41, 5.74) is 2.08. The summed E-state index contributed by atoms with van der Waals surface area (Å²) in [6.45, 7) is 0.607. The number of ether oxygens (including phenoxy) is 3. The Balaban J connectivity index is 1.57. The fourth-order valence-electron chi connectivity index (χ4n) is 2.89. The fourth-order valence-corrected chi connectivity index (χ4v) is 2.89. The number of aliphatic hydroxyl groups excluding tert-OH is 2. The van der Waals surface area contributed by atoms with E-state index in [1.807, 2.05) is 60.7 Å². The molecule has 0 saturated carbocycles. The van der Waals surface area contributed by atoms with Crippen LogP contribution < -0.4 is 0 Å². The molecule has 1 fully saturated rings. The van der Waals surface area contributed by atoms with Gasteiger partial charge in [0.15, 0.2) is 6.29 Å². The first kappa shape index (κ1) is 18.0. The Morgan fingerprint density at radius 3 is 1.88 bits per heavy atom. The summed E-state index contributed by atoms with van der Waals surface area (Å²) in [4.78, 5) is 0. The van der Waals surface area contributed by atoms with Gasteiger partial charge >= 0.3 is 0 Å². The molecular weight excluding hydrogens is 320 g/mol. The predicted octanol–water partition coefficient (Wildman–Crippen LogP) is 2.26. The molecule has 0 spiro atoms. The zero-order chi connectivity index (χ0) is 17.5. The maximum atomic E-state index is 10.1. The van der Waals surface area contributed by atoms with Gasteiger partial charge in [0.2, 0.25) is 0 Å². The Labute approximate surface area is 147 Å². The number of benzene rings is 2. The monoisotopic (exact) mass is 344 g/mol. The van der Waals surface area contributed by atoms with Gasteiger partial charge in [-0.25, -0.2) is 0 Å². The molecule has 2 N–H and O–H groups in total. The van der Waals surface area contributed by atoms with Crippen LogP contribution in [-0.4, -0.2) is 41.4 Å². The Morgan fingerprint density at radius 1 is 0.840 bits per heavy atom. The van der Waals surface area contributed by atoms with Crippen molar-refractivity contribution in [3.05, 3.63) is 71.8 Å². The molecule has 0 aromatic heterocycles. The van der Waals surface area contributed by atoms with Crippen molar-refractivity contribution < 1.29 is 24.4 Å². The highest BCUT2D eigenvalue weighted by Crippen LogP contribution is 2.25. The minimum atomic E-state index is -1.07. The van der Waals surface area contributed by atoms with E-state index in [1.54, 1.807) is 0 Å². The molecule has 0 unspecified atom stereocenters. The second kappa shape index (κ2) is 9.08. The third-order valence-electron chi connectivity index (χ3n) is 4.31. The summed E-state index contributed by atoms with van der Waals surface area (Å²) in [5.74, 6) is 0. The number of aliphatic hydroxyl groups is 2. The Hall–Kier alpha value is -1.76.